The Morgan fingerprint density at radius 3 is 1.91 bits per heavy atom. The zero-order valence-corrected chi connectivity index (χ0v) is 17.7. The molecule has 0 atom stereocenters. The molecule has 0 spiro atoms. The second-order valence-electron chi connectivity index (χ2n) is 7.92. The third kappa shape index (κ3) is 3.15. The number of hydrogen-bond acceptors (Lipinski definition) is 3. The van der Waals surface area contributed by atoms with Crippen LogP contribution in [0.3, 0.4) is 0 Å². The lowest BCUT2D eigenvalue weighted by molar-refractivity contribution is 1.18. The average Bonchev–Trinajstić information content (AvgIpc) is 3.23. The van der Waals surface area contributed by atoms with Crippen molar-refractivity contribution >= 4 is 21.8 Å². The summed E-state index contributed by atoms with van der Waals surface area (Å²) in [6.07, 6.45) is 7.03. The van der Waals surface area contributed by atoms with Gasteiger partial charge in [-0.3, -0.25) is 9.97 Å². The monoisotopic (exact) mass is 422 g/mol. The molecule has 0 amide bonds. The van der Waals surface area contributed by atoms with Crippen molar-refractivity contribution in [1.82, 2.24) is 14.5 Å². The Kier molecular flexibility index (Phi) is 4.45. The van der Waals surface area contributed by atoms with E-state index in [0.717, 1.165) is 27.9 Å². The first-order chi connectivity index (χ1) is 16.3. The van der Waals surface area contributed by atoms with Crippen LogP contribution in [-0.4, -0.2) is 14.5 Å². The molecule has 0 aliphatic carbocycles. The molecule has 0 bridgehead atoms. The zero-order chi connectivity index (χ0) is 22.2. The molecule has 4 nitrogen and oxygen atoms in total. The topological polar surface area (TPSA) is 54.5 Å². The fraction of sp³-hybridized carbons (Fsp3) is 0. The molecule has 0 saturated carbocycles. The summed E-state index contributed by atoms with van der Waals surface area (Å²) in [4.78, 5) is 8.73. The van der Waals surface area contributed by atoms with E-state index in [0.29, 0.717) is 5.56 Å². The summed E-state index contributed by atoms with van der Waals surface area (Å²) in [6.45, 7) is 0. The number of fused-ring (bicyclic) bond motifs is 3. The van der Waals surface area contributed by atoms with Gasteiger partial charge in [0.15, 0.2) is 0 Å². The van der Waals surface area contributed by atoms with Crippen LogP contribution in [0.1, 0.15) is 5.56 Å². The molecule has 3 aromatic carbocycles. The molecule has 0 aliphatic heterocycles. The quantitative estimate of drug-likeness (QED) is 0.316. The van der Waals surface area contributed by atoms with Gasteiger partial charge in [0.1, 0.15) is 6.07 Å². The fourth-order valence-corrected chi connectivity index (χ4v) is 4.50. The first kappa shape index (κ1) is 19.0. The number of nitriles is 1. The van der Waals surface area contributed by atoms with Crippen LogP contribution in [0.4, 0.5) is 0 Å². The number of hydrogen-bond donors (Lipinski definition) is 0. The molecule has 154 valence electrons. The highest BCUT2D eigenvalue weighted by Crippen LogP contribution is 2.36. The molecule has 6 aromatic rings. The van der Waals surface area contributed by atoms with E-state index < -0.39 is 0 Å². The van der Waals surface area contributed by atoms with Crippen LogP contribution in [0, 0.1) is 11.3 Å². The van der Waals surface area contributed by atoms with Gasteiger partial charge in [-0.1, -0.05) is 54.6 Å². The first-order valence-electron chi connectivity index (χ1n) is 10.7. The van der Waals surface area contributed by atoms with E-state index in [2.05, 4.69) is 99.5 Å². The number of aromatic nitrogens is 3. The van der Waals surface area contributed by atoms with Crippen molar-refractivity contribution in [3.63, 3.8) is 0 Å². The van der Waals surface area contributed by atoms with E-state index >= 15 is 0 Å². The lowest BCUT2D eigenvalue weighted by atomic mass is 10.0. The number of benzene rings is 3. The zero-order valence-electron chi connectivity index (χ0n) is 17.7. The summed E-state index contributed by atoms with van der Waals surface area (Å²) in [5, 5.41) is 11.7. The summed E-state index contributed by atoms with van der Waals surface area (Å²) >= 11 is 0. The van der Waals surface area contributed by atoms with Crippen molar-refractivity contribution in [2.45, 2.75) is 0 Å². The largest absolute Gasteiger partial charge is 0.309 e. The minimum absolute atomic E-state index is 0.531. The normalized spacial score (nSPS) is 11.0. The maximum Gasteiger partial charge on any atom is 0.101 e. The van der Waals surface area contributed by atoms with Gasteiger partial charge in [0.2, 0.25) is 0 Å². The molecule has 0 N–H and O–H groups in total. The summed E-state index contributed by atoms with van der Waals surface area (Å²) in [5.41, 5.74) is 7.85. The Balaban J connectivity index is 1.59. The summed E-state index contributed by atoms with van der Waals surface area (Å²) in [6, 6.07) is 31.5. The Hall–Kier alpha value is -4.75. The number of pyridine rings is 2. The van der Waals surface area contributed by atoms with Crippen molar-refractivity contribution in [3.05, 3.63) is 115 Å². The van der Waals surface area contributed by atoms with Gasteiger partial charge in [0.25, 0.3) is 0 Å². The fourth-order valence-electron chi connectivity index (χ4n) is 4.50. The van der Waals surface area contributed by atoms with Gasteiger partial charge < -0.3 is 4.57 Å². The molecular formula is C29H18N4. The second kappa shape index (κ2) is 7.74. The number of para-hydroxylation sites is 3. The standard InChI is InChI=1S/C29H18N4/c30-15-20-13-21(17-31-16-20)22-14-23(19-32-18-22)24-7-1-4-10-27(24)33-28-11-5-2-8-25(28)26-9-3-6-12-29(26)33/h1-14,16-19H. The second-order valence-corrected chi connectivity index (χ2v) is 7.92. The number of rotatable bonds is 3. The van der Waals surface area contributed by atoms with Crippen LogP contribution in [0.2, 0.25) is 0 Å². The Morgan fingerprint density at radius 2 is 1.18 bits per heavy atom. The Bertz CT molecular complexity index is 1630. The van der Waals surface area contributed by atoms with Gasteiger partial charge in [0, 0.05) is 57.8 Å². The van der Waals surface area contributed by atoms with E-state index in [9.17, 15) is 5.26 Å². The third-order valence-corrected chi connectivity index (χ3v) is 5.97. The molecule has 3 aromatic heterocycles. The van der Waals surface area contributed by atoms with E-state index in [4.69, 9.17) is 0 Å². The van der Waals surface area contributed by atoms with Crippen molar-refractivity contribution in [3.8, 4) is 34.0 Å². The highest BCUT2D eigenvalue weighted by atomic mass is 15.0. The summed E-state index contributed by atoms with van der Waals surface area (Å²) in [7, 11) is 0. The molecule has 0 aliphatic rings. The molecule has 0 saturated heterocycles. The van der Waals surface area contributed by atoms with E-state index in [-0.39, 0.29) is 0 Å². The molecule has 0 unspecified atom stereocenters. The molecule has 33 heavy (non-hydrogen) atoms. The van der Waals surface area contributed by atoms with Crippen LogP contribution in [0.25, 0.3) is 49.7 Å². The molecule has 0 radical (unpaired) electrons. The van der Waals surface area contributed by atoms with Gasteiger partial charge >= 0.3 is 0 Å². The van der Waals surface area contributed by atoms with Gasteiger partial charge in [-0.05, 0) is 30.3 Å². The molecule has 4 heteroatoms. The summed E-state index contributed by atoms with van der Waals surface area (Å²) < 4.78 is 2.32. The van der Waals surface area contributed by atoms with Gasteiger partial charge in [-0.2, -0.15) is 5.26 Å². The van der Waals surface area contributed by atoms with E-state index in [1.165, 1.54) is 21.8 Å². The Labute approximate surface area is 191 Å². The Morgan fingerprint density at radius 1 is 0.606 bits per heavy atom. The third-order valence-electron chi connectivity index (χ3n) is 5.97. The maximum absolute atomic E-state index is 9.25. The average molecular weight is 422 g/mol. The molecule has 3 heterocycles. The van der Waals surface area contributed by atoms with Gasteiger partial charge in [0.05, 0.1) is 22.3 Å². The molecule has 6 rings (SSSR count). The lowest BCUT2D eigenvalue weighted by Crippen LogP contribution is -1.97. The minimum atomic E-state index is 0.531. The molecule has 0 fully saturated rings. The van der Waals surface area contributed by atoms with E-state index in [1.54, 1.807) is 12.4 Å². The van der Waals surface area contributed by atoms with Crippen molar-refractivity contribution in [2.24, 2.45) is 0 Å². The SMILES string of the molecule is N#Cc1cncc(-c2cncc(-c3ccccc3-n3c4ccccc4c4ccccc43)c2)c1. The van der Waals surface area contributed by atoms with Crippen LogP contribution < -0.4 is 0 Å². The lowest BCUT2D eigenvalue weighted by Gasteiger charge is -2.14. The van der Waals surface area contributed by atoms with Gasteiger partial charge in [-0.25, -0.2) is 0 Å². The predicted molar refractivity (Wildman–Crippen MR) is 132 cm³/mol. The minimum Gasteiger partial charge on any atom is -0.309 e. The predicted octanol–water partition coefficient (Wildman–Crippen LogP) is 6.78. The maximum atomic E-state index is 9.25. The van der Waals surface area contributed by atoms with Crippen LogP contribution in [-0.2, 0) is 0 Å². The highest BCUT2D eigenvalue weighted by molar-refractivity contribution is 6.09. The van der Waals surface area contributed by atoms with Crippen molar-refractivity contribution in [2.75, 3.05) is 0 Å². The van der Waals surface area contributed by atoms with Crippen LogP contribution >= 0.6 is 0 Å². The number of nitrogens with zero attached hydrogens (tertiary/aromatic N) is 4. The van der Waals surface area contributed by atoms with E-state index in [1.807, 2.05) is 18.5 Å². The molecular weight excluding hydrogens is 404 g/mol. The van der Waals surface area contributed by atoms with Crippen LogP contribution in [0.15, 0.2) is 110 Å². The summed E-state index contributed by atoms with van der Waals surface area (Å²) in [5.74, 6) is 0. The van der Waals surface area contributed by atoms with Crippen molar-refractivity contribution < 1.29 is 0 Å². The highest BCUT2D eigenvalue weighted by Gasteiger charge is 2.15. The van der Waals surface area contributed by atoms with Crippen LogP contribution in [0.5, 0.6) is 0 Å². The smallest absolute Gasteiger partial charge is 0.101 e. The van der Waals surface area contributed by atoms with Gasteiger partial charge in [-0.15, -0.1) is 0 Å². The first-order valence-corrected chi connectivity index (χ1v) is 10.7. The van der Waals surface area contributed by atoms with Crippen molar-refractivity contribution in [1.29, 1.82) is 5.26 Å².